The summed E-state index contributed by atoms with van der Waals surface area (Å²) in [5.74, 6) is -0.803. The maximum absolute atomic E-state index is 13.4. The number of hydrogen-bond acceptors (Lipinski definition) is 3. The van der Waals surface area contributed by atoms with Gasteiger partial charge >= 0.3 is 0 Å². The van der Waals surface area contributed by atoms with Gasteiger partial charge in [0.2, 0.25) is 15.9 Å². The molecule has 1 amide bonds. The fourth-order valence-corrected chi connectivity index (χ4v) is 2.63. The lowest BCUT2D eigenvalue weighted by molar-refractivity contribution is -0.111. The fraction of sp³-hybridized carbons (Fsp3) is 0.118. The Bertz CT molecular complexity index is 875. The number of amides is 1. The van der Waals surface area contributed by atoms with Gasteiger partial charge in [-0.3, -0.25) is 4.79 Å². The molecule has 0 spiro atoms. The van der Waals surface area contributed by atoms with Gasteiger partial charge in [-0.1, -0.05) is 18.2 Å². The molecule has 0 radical (unpaired) electrons. The van der Waals surface area contributed by atoms with Gasteiger partial charge in [-0.2, -0.15) is 0 Å². The summed E-state index contributed by atoms with van der Waals surface area (Å²) in [6, 6.07) is 10.5. The summed E-state index contributed by atoms with van der Waals surface area (Å²) in [5, 5.41) is 2.55. The van der Waals surface area contributed by atoms with Gasteiger partial charge < -0.3 is 5.32 Å². The third-order valence-electron chi connectivity index (χ3n) is 3.33. The van der Waals surface area contributed by atoms with E-state index in [0.717, 1.165) is 0 Å². The summed E-state index contributed by atoms with van der Waals surface area (Å²) >= 11 is 0. The van der Waals surface area contributed by atoms with Crippen molar-refractivity contribution in [3.8, 4) is 0 Å². The van der Waals surface area contributed by atoms with Crippen molar-refractivity contribution in [1.29, 1.82) is 0 Å². The van der Waals surface area contributed by atoms with Crippen molar-refractivity contribution in [1.82, 2.24) is 4.72 Å². The molecule has 0 saturated heterocycles. The minimum atomic E-state index is -3.48. The van der Waals surface area contributed by atoms with E-state index in [1.54, 1.807) is 31.2 Å². The second-order valence-corrected chi connectivity index (χ2v) is 6.95. The topological polar surface area (TPSA) is 75.3 Å². The van der Waals surface area contributed by atoms with Crippen molar-refractivity contribution in [3.63, 3.8) is 0 Å². The molecule has 0 aliphatic rings. The molecule has 0 fully saturated rings. The quantitative estimate of drug-likeness (QED) is 0.816. The fourth-order valence-electron chi connectivity index (χ4n) is 1.90. The summed E-state index contributed by atoms with van der Waals surface area (Å²) in [5.41, 5.74) is 1.53. The average molecular weight is 348 g/mol. The van der Waals surface area contributed by atoms with Crippen molar-refractivity contribution in [2.24, 2.45) is 0 Å². The molecule has 0 aliphatic heterocycles. The highest BCUT2D eigenvalue weighted by molar-refractivity contribution is 7.89. The molecule has 0 atom stereocenters. The molecule has 2 aromatic carbocycles. The first-order chi connectivity index (χ1) is 11.3. The van der Waals surface area contributed by atoms with Crippen molar-refractivity contribution >= 4 is 27.7 Å². The molecule has 2 rings (SSSR count). The lowest BCUT2D eigenvalue weighted by Crippen LogP contribution is -2.18. The third kappa shape index (κ3) is 4.50. The maximum Gasteiger partial charge on any atom is 0.248 e. The van der Waals surface area contributed by atoms with Gasteiger partial charge in [0.1, 0.15) is 5.82 Å². The van der Waals surface area contributed by atoms with E-state index in [4.69, 9.17) is 0 Å². The number of rotatable bonds is 5. The second-order valence-electron chi connectivity index (χ2n) is 5.06. The monoisotopic (exact) mass is 348 g/mol. The van der Waals surface area contributed by atoms with Crippen LogP contribution in [0, 0.1) is 12.7 Å². The van der Waals surface area contributed by atoms with E-state index in [0.29, 0.717) is 16.8 Å². The average Bonchev–Trinajstić information content (AvgIpc) is 2.57. The van der Waals surface area contributed by atoms with Crippen LogP contribution >= 0.6 is 0 Å². The number of carbonyl (C=O) groups excluding carboxylic acids is 1. The first-order valence-electron chi connectivity index (χ1n) is 7.10. The zero-order valence-corrected chi connectivity index (χ0v) is 14.0. The normalized spacial score (nSPS) is 11.6. The number of nitrogens with one attached hydrogen (secondary N) is 2. The molecular weight excluding hydrogens is 331 g/mol. The third-order valence-corrected chi connectivity index (χ3v) is 4.76. The second kappa shape index (κ2) is 7.37. The number of halogens is 1. The Morgan fingerprint density at radius 3 is 2.38 bits per heavy atom. The number of aryl methyl sites for hydroxylation is 1. The van der Waals surface area contributed by atoms with Crippen LogP contribution in [-0.2, 0) is 14.8 Å². The summed E-state index contributed by atoms with van der Waals surface area (Å²) in [6.07, 6.45) is 2.83. The Balaban J connectivity index is 2.04. The van der Waals surface area contributed by atoms with Gasteiger partial charge in [-0.25, -0.2) is 17.5 Å². The highest BCUT2D eigenvalue weighted by Crippen LogP contribution is 2.14. The van der Waals surface area contributed by atoms with Crippen LogP contribution < -0.4 is 10.0 Å². The van der Waals surface area contributed by atoms with Crippen molar-refractivity contribution in [2.75, 3.05) is 12.4 Å². The van der Waals surface area contributed by atoms with Gasteiger partial charge in [0.05, 0.1) is 4.90 Å². The SMILES string of the molecule is CNS(=O)(=O)c1ccc(/C=C/C(=O)Nc2ccc(C)c(F)c2)cc1. The number of anilines is 1. The van der Waals surface area contributed by atoms with Crippen LogP contribution in [0.3, 0.4) is 0 Å². The predicted molar refractivity (Wildman–Crippen MR) is 91.5 cm³/mol. The number of benzene rings is 2. The molecule has 2 aromatic rings. The van der Waals surface area contributed by atoms with Crippen LogP contribution in [0.25, 0.3) is 6.08 Å². The zero-order chi connectivity index (χ0) is 17.7. The number of carbonyl (C=O) groups is 1. The molecule has 0 aliphatic carbocycles. The highest BCUT2D eigenvalue weighted by atomic mass is 32.2. The van der Waals surface area contributed by atoms with Crippen LogP contribution in [0.1, 0.15) is 11.1 Å². The van der Waals surface area contributed by atoms with E-state index in [2.05, 4.69) is 10.0 Å². The minimum Gasteiger partial charge on any atom is -0.322 e. The van der Waals surface area contributed by atoms with E-state index in [9.17, 15) is 17.6 Å². The number of hydrogen-bond donors (Lipinski definition) is 2. The molecule has 7 heteroatoms. The molecule has 0 bridgehead atoms. The number of sulfonamides is 1. The summed E-state index contributed by atoms with van der Waals surface area (Å²) in [6.45, 7) is 1.64. The van der Waals surface area contributed by atoms with Gasteiger partial charge in [0.25, 0.3) is 0 Å². The van der Waals surface area contributed by atoms with Crippen molar-refractivity contribution in [2.45, 2.75) is 11.8 Å². The van der Waals surface area contributed by atoms with Gasteiger partial charge in [0.15, 0.2) is 0 Å². The van der Waals surface area contributed by atoms with Crippen molar-refractivity contribution in [3.05, 3.63) is 65.5 Å². The Labute approximate surface area is 140 Å². The Morgan fingerprint density at radius 1 is 1.12 bits per heavy atom. The first-order valence-corrected chi connectivity index (χ1v) is 8.59. The van der Waals surface area contributed by atoms with Gasteiger partial charge in [0, 0.05) is 11.8 Å². The molecule has 0 saturated carbocycles. The van der Waals surface area contributed by atoms with Crippen LogP contribution in [0.15, 0.2) is 53.4 Å². The lowest BCUT2D eigenvalue weighted by Gasteiger charge is -2.04. The van der Waals surface area contributed by atoms with E-state index < -0.39 is 21.7 Å². The van der Waals surface area contributed by atoms with Gasteiger partial charge in [-0.15, -0.1) is 0 Å². The van der Waals surface area contributed by atoms with E-state index >= 15 is 0 Å². The zero-order valence-electron chi connectivity index (χ0n) is 13.2. The van der Waals surface area contributed by atoms with Crippen LogP contribution in [0.2, 0.25) is 0 Å². The smallest absolute Gasteiger partial charge is 0.248 e. The van der Waals surface area contributed by atoms with E-state index in [-0.39, 0.29) is 4.90 Å². The standard InChI is InChI=1S/C17H17FN2O3S/c1-12-3-7-14(11-16(12)18)20-17(21)10-6-13-4-8-15(9-5-13)24(22,23)19-2/h3-11,19H,1-2H3,(H,20,21)/b10-6+. The molecule has 0 heterocycles. The summed E-state index contributed by atoms with van der Waals surface area (Å²) in [7, 11) is -2.15. The predicted octanol–water partition coefficient (Wildman–Crippen LogP) is 2.69. The van der Waals surface area contributed by atoms with E-state index in [1.807, 2.05) is 0 Å². The van der Waals surface area contributed by atoms with Gasteiger partial charge in [-0.05, 0) is 55.4 Å². The molecule has 5 nitrogen and oxygen atoms in total. The first kappa shape index (κ1) is 17.8. The lowest BCUT2D eigenvalue weighted by atomic mass is 10.2. The molecule has 0 unspecified atom stereocenters. The van der Waals surface area contributed by atoms with Crippen LogP contribution in [0.5, 0.6) is 0 Å². The minimum absolute atomic E-state index is 0.140. The van der Waals surface area contributed by atoms with Crippen LogP contribution in [-0.4, -0.2) is 21.4 Å². The Morgan fingerprint density at radius 2 is 1.79 bits per heavy atom. The largest absolute Gasteiger partial charge is 0.322 e. The maximum atomic E-state index is 13.4. The summed E-state index contributed by atoms with van der Waals surface area (Å²) in [4.78, 5) is 12.0. The molecular formula is C17H17FN2O3S. The Hall–Kier alpha value is -2.51. The molecule has 126 valence electrons. The van der Waals surface area contributed by atoms with E-state index in [1.165, 1.54) is 37.4 Å². The van der Waals surface area contributed by atoms with Crippen LogP contribution in [0.4, 0.5) is 10.1 Å². The highest BCUT2D eigenvalue weighted by Gasteiger charge is 2.09. The van der Waals surface area contributed by atoms with Crippen molar-refractivity contribution < 1.29 is 17.6 Å². The Kier molecular flexibility index (Phi) is 5.48. The summed E-state index contributed by atoms with van der Waals surface area (Å²) < 4.78 is 38.9. The molecule has 0 aromatic heterocycles. The molecule has 2 N–H and O–H groups in total. The molecule has 24 heavy (non-hydrogen) atoms.